The fourth-order valence-corrected chi connectivity index (χ4v) is 1.82. The van der Waals surface area contributed by atoms with Crippen LogP contribution in [-0.4, -0.2) is 18.8 Å². The van der Waals surface area contributed by atoms with Gasteiger partial charge in [0.1, 0.15) is 30.3 Å². The lowest BCUT2D eigenvalue weighted by atomic mass is 10.2. The lowest BCUT2D eigenvalue weighted by molar-refractivity contribution is 0.202. The van der Waals surface area contributed by atoms with Crippen molar-refractivity contribution in [2.24, 2.45) is 0 Å². The van der Waals surface area contributed by atoms with E-state index in [0.29, 0.717) is 13.2 Å². The molecule has 3 nitrogen and oxygen atoms in total. The molecule has 1 saturated heterocycles. The maximum absolute atomic E-state index is 5.72. The van der Waals surface area contributed by atoms with E-state index in [9.17, 15) is 0 Å². The third kappa shape index (κ3) is 3.52. The summed E-state index contributed by atoms with van der Waals surface area (Å²) in [6.07, 6.45) is 0. The van der Waals surface area contributed by atoms with Crippen molar-refractivity contribution in [3.8, 4) is 11.5 Å². The van der Waals surface area contributed by atoms with Crippen LogP contribution in [0.5, 0.6) is 11.5 Å². The van der Waals surface area contributed by atoms with Crippen LogP contribution in [0.2, 0.25) is 0 Å². The van der Waals surface area contributed by atoms with Gasteiger partial charge in [0.2, 0.25) is 0 Å². The molecule has 2 aromatic carbocycles. The number of hydrogen-bond donors (Lipinski definition) is 0. The molecule has 3 heteroatoms. The predicted molar refractivity (Wildman–Crippen MR) is 77.1 cm³/mol. The highest BCUT2D eigenvalue weighted by Crippen LogP contribution is 2.27. The first-order valence-electron chi connectivity index (χ1n) is 6.77. The van der Waals surface area contributed by atoms with Gasteiger partial charge < -0.3 is 14.2 Å². The first-order chi connectivity index (χ1) is 9.73. The zero-order valence-electron chi connectivity index (χ0n) is 11.5. The van der Waals surface area contributed by atoms with E-state index in [-0.39, 0.29) is 5.60 Å². The summed E-state index contributed by atoms with van der Waals surface area (Å²) in [6, 6.07) is 17.8. The van der Waals surface area contributed by atoms with E-state index >= 15 is 0 Å². The van der Waals surface area contributed by atoms with Gasteiger partial charge in [-0.2, -0.15) is 0 Å². The van der Waals surface area contributed by atoms with Crippen LogP contribution in [0, 0.1) is 0 Å². The quantitative estimate of drug-likeness (QED) is 0.753. The monoisotopic (exact) mass is 270 g/mol. The second kappa shape index (κ2) is 5.55. The molecular weight excluding hydrogens is 252 g/mol. The SMILES string of the molecule is CC1(COc2ccc(OCc3ccccc3)cc2)CO1. The van der Waals surface area contributed by atoms with Crippen molar-refractivity contribution < 1.29 is 14.2 Å². The summed E-state index contributed by atoms with van der Waals surface area (Å²) >= 11 is 0. The summed E-state index contributed by atoms with van der Waals surface area (Å²) in [4.78, 5) is 0. The van der Waals surface area contributed by atoms with Gasteiger partial charge in [0, 0.05) is 0 Å². The third-order valence-electron chi connectivity index (χ3n) is 3.25. The van der Waals surface area contributed by atoms with Crippen LogP contribution in [0.3, 0.4) is 0 Å². The second-order valence-electron chi connectivity index (χ2n) is 5.27. The highest BCUT2D eigenvalue weighted by atomic mass is 16.6. The number of ether oxygens (including phenoxy) is 3. The maximum Gasteiger partial charge on any atom is 0.123 e. The summed E-state index contributed by atoms with van der Waals surface area (Å²) in [5.41, 5.74) is 1.08. The van der Waals surface area contributed by atoms with Crippen LogP contribution in [0.25, 0.3) is 0 Å². The maximum atomic E-state index is 5.72. The van der Waals surface area contributed by atoms with Crippen molar-refractivity contribution in [1.29, 1.82) is 0 Å². The molecule has 1 atom stereocenters. The van der Waals surface area contributed by atoms with Gasteiger partial charge in [-0.25, -0.2) is 0 Å². The fourth-order valence-electron chi connectivity index (χ4n) is 1.82. The van der Waals surface area contributed by atoms with Crippen LogP contribution >= 0.6 is 0 Å². The Morgan fingerprint density at radius 1 is 0.950 bits per heavy atom. The van der Waals surface area contributed by atoms with Gasteiger partial charge in [0.15, 0.2) is 0 Å². The predicted octanol–water partition coefficient (Wildman–Crippen LogP) is 3.43. The Morgan fingerprint density at radius 2 is 1.55 bits per heavy atom. The Labute approximate surface area is 119 Å². The molecule has 0 aliphatic carbocycles. The Kier molecular flexibility index (Phi) is 3.61. The minimum absolute atomic E-state index is 0.0809. The summed E-state index contributed by atoms with van der Waals surface area (Å²) in [5, 5.41) is 0. The molecule has 1 heterocycles. The third-order valence-corrected chi connectivity index (χ3v) is 3.25. The minimum atomic E-state index is -0.0809. The molecule has 1 aliphatic heterocycles. The first kappa shape index (κ1) is 13.0. The lowest BCUT2D eigenvalue weighted by Crippen LogP contribution is -2.16. The summed E-state index contributed by atoms with van der Waals surface area (Å²) in [7, 11) is 0. The number of rotatable bonds is 6. The topological polar surface area (TPSA) is 31.0 Å². The molecule has 3 rings (SSSR count). The van der Waals surface area contributed by atoms with E-state index in [2.05, 4.69) is 0 Å². The molecule has 0 spiro atoms. The van der Waals surface area contributed by atoms with Gasteiger partial charge in [0.05, 0.1) is 6.61 Å². The van der Waals surface area contributed by atoms with E-state index in [0.717, 1.165) is 23.7 Å². The molecular formula is C17H18O3. The van der Waals surface area contributed by atoms with E-state index in [4.69, 9.17) is 14.2 Å². The molecule has 1 fully saturated rings. The lowest BCUT2D eigenvalue weighted by Gasteiger charge is -2.10. The van der Waals surface area contributed by atoms with Gasteiger partial charge in [-0.1, -0.05) is 30.3 Å². The molecule has 20 heavy (non-hydrogen) atoms. The molecule has 0 bridgehead atoms. The Bertz CT molecular complexity index is 544. The van der Waals surface area contributed by atoms with Crippen molar-refractivity contribution in [1.82, 2.24) is 0 Å². The molecule has 0 saturated carbocycles. The van der Waals surface area contributed by atoms with Crippen LogP contribution in [0.4, 0.5) is 0 Å². The molecule has 0 N–H and O–H groups in total. The van der Waals surface area contributed by atoms with Gasteiger partial charge in [-0.15, -0.1) is 0 Å². The van der Waals surface area contributed by atoms with Gasteiger partial charge >= 0.3 is 0 Å². The largest absolute Gasteiger partial charge is 0.490 e. The second-order valence-corrected chi connectivity index (χ2v) is 5.27. The van der Waals surface area contributed by atoms with Crippen molar-refractivity contribution >= 4 is 0 Å². The normalized spacial score (nSPS) is 20.4. The zero-order chi connectivity index (χ0) is 13.8. The number of hydrogen-bond acceptors (Lipinski definition) is 3. The highest BCUT2D eigenvalue weighted by Gasteiger charge is 2.40. The van der Waals surface area contributed by atoms with Crippen molar-refractivity contribution in [2.75, 3.05) is 13.2 Å². The van der Waals surface area contributed by atoms with E-state index in [1.807, 2.05) is 61.5 Å². The van der Waals surface area contributed by atoms with Crippen LogP contribution in [0.15, 0.2) is 54.6 Å². The molecule has 0 aromatic heterocycles. The van der Waals surface area contributed by atoms with Crippen LogP contribution in [0.1, 0.15) is 12.5 Å². The number of benzene rings is 2. The molecule has 1 aliphatic rings. The van der Waals surface area contributed by atoms with Crippen molar-refractivity contribution in [2.45, 2.75) is 19.1 Å². The van der Waals surface area contributed by atoms with Gasteiger partial charge in [-0.05, 0) is 36.8 Å². The summed E-state index contributed by atoms with van der Waals surface area (Å²) < 4.78 is 16.7. The number of epoxide rings is 1. The first-order valence-corrected chi connectivity index (χ1v) is 6.77. The van der Waals surface area contributed by atoms with Crippen LogP contribution < -0.4 is 9.47 Å². The summed E-state index contributed by atoms with van der Waals surface area (Å²) in [6.45, 7) is 4.00. The smallest absolute Gasteiger partial charge is 0.123 e. The van der Waals surface area contributed by atoms with Gasteiger partial charge in [-0.3, -0.25) is 0 Å². The van der Waals surface area contributed by atoms with Crippen molar-refractivity contribution in [3.05, 3.63) is 60.2 Å². The molecule has 2 aromatic rings. The molecule has 0 amide bonds. The molecule has 104 valence electrons. The zero-order valence-corrected chi connectivity index (χ0v) is 11.5. The van der Waals surface area contributed by atoms with E-state index in [1.54, 1.807) is 0 Å². The fraction of sp³-hybridized carbons (Fsp3) is 0.294. The Hall–Kier alpha value is -2.00. The van der Waals surface area contributed by atoms with E-state index < -0.39 is 0 Å². The average molecular weight is 270 g/mol. The Balaban J connectivity index is 1.50. The van der Waals surface area contributed by atoms with Crippen LogP contribution in [-0.2, 0) is 11.3 Å². The Morgan fingerprint density at radius 3 is 2.15 bits per heavy atom. The summed E-state index contributed by atoms with van der Waals surface area (Å²) in [5.74, 6) is 1.68. The van der Waals surface area contributed by atoms with Gasteiger partial charge in [0.25, 0.3) is 0 Å². The standard InChI is InChI=1S/C17H18O3/c1-17(13-20-17)12-19-16-9-7-15(8-10-16)18-11-14-5-3-2-4-6-14/h2-10H,11-13H2,1H3. The van der Waals surface area contributed by atoms with E-state index in [1.165, 1.54) is 0 Å². The molecule has 1 unspecified atom stereocenters. The highest BCUT2D eigenvalue weighted by molar-refractivity contribution is 5.31. The molecule has 0 radical (unpaired) electrons. The van der Waals surface area contributed by atoms with Crippen molar-refractivity contribution in [3.63, 3.8) is 0 Å². The minimum Gasteiger partial charge on any atom is -0.490 e. The average Bonchev–Trinajstić information content (AvgIpc) is 3.23.